The highest BCUT2D eigenvalue weighted by molar-refractivity contribution is 5.93. The number of nitrogens with one attached hydrogen (secondary N) is 1. The minimum absolute atomic E-state index is 0.0811. The van der Waals surface area contributed by atoms with Crippen LogP contribution in [0.4, 0.5) is 0 Å². The van der Waals surface area contributed by atoms with E-state index in [2.05, 4.69) is 24.1 Å². The molecule has 0 spiro atoms. The van der Waals surface area contributed by atoms with Crippen LogP contribution in [0, 0.1) is 19.8 Å². The lowest BCUT2D eigenvalue weighted by atomic mass is 10.1. The Labute approximate surface area is 97.3 Å². The van der Waals surface area contributed by atoms with Crippen LogP contribution in [0.2, 0.25) is 0 Å². The van der Waals surface area contributed by atoms with Crippen molar-refractivity contribution in [1.82, 2.24) is 10.3 Å². The second-order valence-corrected chi connectivity index (χ2v) is 4.62. The van der Waals surface area contributed by atoms with Crippen LogP contribution in [0.25, 0.3) is 0 Å². The summed E-state index contributed by atoms with van der Waals surface area (Å²) in [7, 11) is 0. The van der Waals surface area contributed by atoms with E-state index in [1.54, 1.807) is 0 Å². The average Bonchev–Trinajstić information content (AvgIpc) is 2.21. The number of aryl methyl sites for hydroxylation is 2. The molecule has 0 aromatic carbocycles. The third-order valence-electron chi connectivity index (χ3n) is 2.81. The largest absolute Gasteiger partial charge is 0.348 e. The summed E-state index contributed by atoms with van der Waals surface area (Å²) in [5.41, 5.74) is 2.32. The Morgan fingerprint density at radius 3 is 2.44 bits per heavy atom. The fourth-order valence-electron chi connectivity index (χ4n) is 1.30. The van der Waals surface area contributed by atoms with E-state index in [0.29, 0.717) is 11.6 Å². The van der Waals surface area contributed by atoms with Gasteiger partial charge in [0.15, 0.2) is 0 Å². The molecule has 1 N–H and O–H groups in total. The van der Waals surface area contributed by atoms with Crippen molar-refractivity contribution in [2.45, 2.75) is 40.7 Å². The molecular formula is C13H20N2O. The van der Waals surface area contributed by atoms with Crippen molar-refractivity contribution in [3.05, 3.63) is 29.1 Å². The lowest BCUT2D eigenvalue weighted by Crippen LogP contribution is -2.36. The minimum Gasteiger partial charge on any atom is -0.348 e. The molecule has 0 saturated carbocycles. The second-order valence-electron chi connectivity index (χ2n) is 4.62. The third-order valence-corrected chi connectivity index (χ3v) is 2.81. The van der Waals surface area contributed by atoms with Gasteiger partial charge in [-0.3, -0.25) is 4.79 Å². The van der Waals surface area contributed by atoms with E-state index in [-0.39, 0.29) is 11.9 Å². The van der Waals surface area contributed by atoms with E-state index in [4.69, 9.17) is 0 Å². The smallest absolute Gasteiger partial charge is 0.270 e. The van der Waals surface area contributed by atoms with Gasteiger partial charge in [-0.2, -0.15) is 0 Å². The molecule has 3 nitrogen and oxygen atoms in total. The van der Waals surface area contributed by atoms with Crippen LogP contribution in [0.3, 0.4) is 0 Å². The van der Waals surface area contributed by atoms with Gasteiger partial charge in [0.25, 0.3) is 5.91 Å². The Morgan fingerprint density at radius 2 is 1.88 bits per heavy atom. The number of carbonyl (C=O) groups is 1. The summed E-state index contributed by atoms with van der Waals surface area (Å²) in [6.45, 7) is 9.97. The van der Waals surface area contributed by atoms with E-state index in [9.17, 15) is 4.79 Å². The van der Waals surface area contributed by atoms with Gasteiger partial charge in [0.1, 0.15) is 5.69 Å². The summed E-state index contributed by atoms with van der Waals surface area (Å²) < 4.78 is 0. The van der Waals surface area contributed by atoms with Gasteiger partial charge in [-0.15, -0.1) is 0 Å². The van der Waals surface area contributed by atoms with Gasteiger partial charge < -0.3 is 5.32 Å². The first-order valence-electron chi connectivity index (χ1n) is 5.67. The number of hydrogen-bond donors (Lipinski definition) is 1. The van der Waals surface area contributed by atoms with Gasteiger partial charge in [-0.25, -0.2) is 4.98 Å². The van der Waals surface area contributed by atoms with Gasteiger partial charge in [-0.1, -0.05) is 19.9 Å². The van der Waals surface area contributed by atoms with E-state index in [1.807, 2.05) is 32.9 Å². The molecule has 0 radical (unpaired) electrons. The molecule has 0 aliphatic rings. The molecule has 1 amide bonds. The fourth-order valence-corrected chi connectivity index (χ4v) is 1.30. The van der Waals surface area contributed by atoms with Crippen LogP contribution in [0.15, 0.2) is 12.1 Å². The molecule has 0 saturated heterocycles. The first-order chi connectivity index (χ1) is 7.41. The maximum atomic E-state index is 12.0. The van der Waals surface area contributed by atoms with Crippen LogP contribution < -0.4 is 5.32 Å². The van der Waals surface area contributed by atoms with Crippen LogP contribution >= 0.6 is 0 Å². The first kappa shape index (κ1) is 12.7. The van der Waals surface area contributed by atoms with Crippen LogP contribution in [-0.4, -0.2) is 16.9 Å². The van der Waals surface area contributed by atoms with Crippen molar-refractivity contribution in [3.63, 3.8) is 0 Å². The number of carbonyl (C=O) groups excluding carboxylic acids is 1. The van der Waals surface area contributed by atoms with E-state index in [1.165, 1.54) is 0 Å². The van der Waals surface area contributed by atoms with Gasteiger partial charge in [0, 0.05) is 11.7 Å². The maximum absolute atomic E-state index is 12.0. The van der Waals surface area contributed by atoms with Crippen molar-refractivity contribution in [2.75, 3.05) is 0 Å². The van der Waals surface area contributed by atoms with E-state index >= 15 is 0 Å². The third kappa shape index (κ3) is 3.05. The molecule has 1 atom stereocenters. The summed E-state index contributed by atoms with van der Waals surface area (Å²) in [6.07, 6.45) is 0. The number of rotatable bonds is 3. The summed E-state index contributed by atoms with van der Waals surface area (Å²) in [5, 5.41) is 2.96. The predicted octanol–water partition coefficient (Wildman–Crippen LogP) is 2.47. The first-order valence-corrected chi connectivity index (χ1v) is 5.67. The molecule has 1 heterocycles. The normalized spacial score (nSPS) is 12.6. The topological polar surface area (TPSA) is 42.0 Å². The molecule has 1 aromatic rings. The number of aromatic nitrogens is 1. The molecule has 0 aliphatic carbocycles. The highest BCUT2D eigenvalue weighted by atomic mass is 16.1. The van der Waals surface area contributed by atoms with Crippen LogP contribution in [0.5, 0.6) is 0 Å². The van der Waals surface area contributed by atoms with Crippen LogP contribution in [-0.2, 0) is 0 Å². The second kappa shape index (κ2) is 5.10. The lowest BCUT2D eigenvalue weighted by Gasteiger charge is -2.17. The number of nitrogens with zero attached hydrogens (tertiary/aromatic N) is 1. The summed E-state index contributed by atoms with van der Waals surface area (Å²) in [5.74, 6) is 0.344. The van der Waals surface area contributed by atoms with Crippen molar-refractivity contribution in [3.8, 4) is 0 Å². The highest BCUT2D eigenvalue weighted by Crippen LogP contribution is 2.08. The monoisotopic (exact) mass is 220 g/mol. The Bertz CT molecular complexity index is 386. The van der Waals surface area contributed by atoms with Crippen LogP contribution in [0.1, 0.15) is 42.5 Å². The molecule has 1 rings (SSSR count). The zero-order valence-corrected chi connectivity index (χ0v) is 10.7. The molecule has 88 valence electrons. The number of amides is 1. The highest BCUT2D eigenvalue weighted by Gasteiger charge is 2.15. The Morgan fingerprint density at radius 1 is 1.25 bits per heavy atom. The van der Waals surface area contributed by atoms with Gasteiger partial charge >= 0.3 is 0 Å². The van der Waals surface area contributed by atoms with E-state index in [0.717, 1.165) is 11.3 Å². The molecule has 3 heteroatoms. The zero-order chi connectivity index (χ0) is 12.3. The van der Waals surface area contributed by atoms with Gasteiger partial charge in [-0.05, 0) is 38.3 Å². The minimum atomic E-state index is -0.0811. The predicted molar refractivity (Wildman–Crippen MR) is 65.5 cm³/mol. The summed E-state index contributed by atoms with van der Waals surface area (Å²) >= 11 is 0. The molecule has 1 aromatic heterocycles. The van der Waals surface area contributed by atoms with E-state index < -0.39 is 0 Å². The van der Waals surface area contributed by atoms with Crippen molar-refractivity contribution in [1.29, 1.82) is 0 Å². The van der Waals surface area contributed by atoms with Crippen molar-refractivity contribution < 1.29 is 4.79 Å². The molecule has 0 bridgehead atoms. The number of pyridine rings is 1. The van der Waals surface area contributed by atoms with Crippen molar-refractivity contribution in [2.24, 2.45) is 5.92 Å². The average molecular weight is 220 g/mol. The zero-order valence-electron chi connectivity index (χ0n) is 10.7. The Hall–Kier alpha value is -1.38. The molecule has 0 aliphatic heterocycles. The quantitative estimate of drug-likeness (QED) is 0.850. The fraction of sp³-hybridized carbons (Fsp3) is 0.538. The Kier molecular flexibility index (Phi) is 4.05. The van der Waals surface area contributed by atoms with Crippen molar-refractivity contribution >= 4 is 5.91 Å². The molecular weight excluding hydrogens is 200 g/mol. The lowest BCUT2D eigenvalue weighted by molar-refractivity contribution is 0.0924. The Balaban J connectivity index is 2.84. The standard InChI is InChI=1S/C13H20N2O/c1-8(2)11(5)15-13(16)12-9(3)6-7-10(4)14-12/h6-8,11H,1-5H3,(H,15,16). The molecule has 1 unspecified atom stereocenters. The molecule has 16 heavy (non-hydrogen) atoms. The summed E-state index contributed by atoms with van der Waals surface area (Å²) in [4.78, 5) is 16.2. The SMILES string of the molecule is Cc1ccc(C)c(C(=O)NC(C)C(C)C)n1. The molecule has 0 fully saturated rings. The van der Waals surface area contributed by atoms with Gasteiger partial charge in [0.2, 0.25) is 0 Å². The maximum Gasteiger partial charge on any atom is 0.270 e. The summed E-state index contributed by atoms with van der Waals surface area (Å²) in [6, 6.07) is 4.00. The number of hydrogen-bond acceptors (Lipinski definition) is 2. The van der Waals surface area contributed by atoms with Gasteiger partial charge in [0.05, 0.1) is 0 Å².